The Bertz CT molecular complexity index is 652. The fourth-order valence-corrected chi connectivity index (χ4v) is 2.31. The van der Waals surface area contributed by atoms with Gasteiger partial charge in [0.1, 0.15) is 5.69 Å². The number of aliphatic hydroxyl groups is 1. The number of carbonyl (C=O) groups excluding carboxylic acids is 1. The van der Waals surface area contributed by atoms with Gasteiger partial charge in [-0.25, -0.2) is 9.48 Å². The molecule has 1 aromatic heterocycles. The van der Waals surface area contributed by atoms with Crippen molar-refractivity contribution in [3.63, 3.8) is 0 Å². The van der Waals surface area contributed by atoms with Crippen LogP contribution >= 0.6 is 0 Å². The first-order valence-corrected chi connectivity index (χ1v) is 8.03. The summed E-state index contributed by atoms with van der Waals surface area (Å²) in [6, 6.07) is 7.12. The van der Waals surface area contributed by atoms with Gasteiger partial charge >= 0.3 is 5.97 Å². The summed E-state index contributed by atoms with van der Waals surface area (Å²) in [5, 5.41) is 17.5. The second kappa shape index (κ2) is 8.43. The summed E-state index contributed by atoms with van der Waals surface area (Å²) in [7, 11) is 0. The van der Waals surface area contributed by atoms with Crippen LogP contribution in [-0.2, 0) is 17.8 Å². The van der Waals surface area contributed by atoms with E-state index >= 15 is 0 Å². The van der Waals surface area contributed by atoms with Gasteiger partial charge in [0.2, 0.25) is 0 Å². The maximum absolute atomic E-state index is 12.1. The highest BCUT2D eigenvalue weighted by molar-refractivity contribution is 5.90. The van der Waals surface area contributed by atoms with Gasteiger partial charge in [-0.15, -0.1) is 5.10 Å². The van der Waals surface area contributed by atoms with Gasteiger partial charge in [0.25, 0.3) is 0 Å². The Labute approximate surface area is 136 Å². The molecule has 23 heavy (non-hydrogen) atoms. The number of aliphatic hydroxyl groups excluding tert-OH is 1. The van der Waals surface area contributed by atoms with Crippen LogP contribution in [-0.4, -0.2) is 32.7 Å². The molecule has 0 aliphatic heterocycles. The van der Waals surface area contributed by atoms with Crippen molar-refractivity contribution in [2.75, 3.05) is 6.61 Å². The summed E-state index contributed by atoms with van der Waals surface area (Å²) in [6.45, 7) is 4.39. The minimum atomic E-state index is -0.333. The molecule has 6 nitrogen and oxygen atoms in total. The van der Waals surface area contributed by atoms with Crippen LogP contribution in [0.15, 0.2) is 24.3 Å². The first kappa shape index (κ1) is 17.1. The first-order valence-electron chi connectivity index (χ1n) is 8.03. The number of rotatable bonds is 8. The summed E-state index contributed by atoms with van der Waals surface area (Å²) in [6.07, 6.45) is 3.51. The number of carbonyl (C=O) groups is 1. The standard InChI is InChI=1S/C17H23N3O3/c1-3-5-10-23-17(22)13-8-6-9-14(11-13)20-16(7-4-2)15(12-21)18-19-20/h6,8-9,11,21H,3-5,7,10,12H2,1-2H3. The molecule has 0 spiro atoms. The van der Waals surface area contributed by atoms with Crippen molar-refractivity contribution in [2.45, 2.75) is 46.1 Å². The van der Waals surface area contributed by atoms with E-state index in [1.54, 1.807) is 22.9 Å². The molecule has 124 valence electrons. The Balaban J connectivity index is 2.26. The number of benzene rings is 1. The molecule has 0 unspecified atom stereocenters. The van der Waals surface area contributed by atoms with Crippen LogP contribution < -0.4 is 0 Å². The minimum absolute atomic E-state index is 0.145. The molecule has 0 aliphatic rings. The molecule has 0 saturated carbocycles. The van der Waals surface area contributed by atoms with Gasteiger partial charge in [0.05, 0.1) is 30.2 Å². The lowest BCUT2D eigenvalue weighted by molar-refractivity contribution is 0.0499. The zero-order chi connectivity index (χ0) is 16.7. The van der Waals surface area contributed by atoms with E-state index in [0.29, 0.717) is 17.9 Å². The Kier molecular flexibility index (Phi) is 6.29. The zero-order valence-electron chi connectivity index (χ0n) is 13.7. The van der Waals surface area contributed by atoms with Crippen molar-refractivity contribution in [1.82, 2.24) is 15.0 Å². The Morgan fingerprint density at radius 3 is 2.83 bits per heavy atom. The van der Waals surface area contributed by atoms with Gasteiger partial charge in [0.15, 0.2) is 0 Å². The molecule has 1 N–H and O–H groups in total. The van der Waals surface area contributed by atoms with E-state index in [0.717, 1.165) is 37.1 Å². The second-order valence-electron chi connectivity index (χ2n) is 5.34. The number of hydrogen-bond donors (Lipinski definition) is 1. The Morgan fingerprint density at radius 2 is 2.13 bits per heavy atom. The van der Waals surface area contributed by atoms with Crippen LogP contribution in [0.25, 0.3) is 5.69 Å². The largest absolute Gasteiger partial charge is 0.462 e. The van der Waals surface area contributed by atoms with Gasteiger partial charge in [-0.05, 0) is 31.0 Å². The Hall–Kier alpha value is -2.21. The molecule has 0 saturated heterocycles. The molecule has 6 heteroatoms. The SMILES string of the molecule is CCCCOC(=O)c1cccc(-n2nnc(CO)c2CCC)c1. The topological polar surface area (TPSA) is 77.2 Å². The quantitative estimate of drug-likeness (QED) is 0.598. The maximum Gasteiger partial charge on any atom is 0.338 e. The summed E-state index contributed by atoms with van der Waals surface area (Å²) in [5.41, 5.74) is 2.67. The molecule has 2 aromatic rings. The molecule has 2 rings (SSSR count). The van der Waals surface area contributed by atoms with E-state index in [1.807, 2.05) is 13.0 Å². The average molecular weight is 317 g/mol. The smallest absolute Gasteiger partial charge is 0.338 e. The van der Waals surface area contributed by atoms with Crippen molar-refractivity contribution in [3.8, 4) is 5.69 Å². The third-order valence-corrected chi connectivity index (χ3v) is 3.54. The molecule has 1 aromatic carbocycles. The van der Waals surface area contributed by atoms with E-state index in [1.165, 1.54) is 0 Å². The predicted molar refractivity (Wildman–Crippen MR) is 86.5 cm³/mol. The molecule has 0 atom stereocenters. The van der Waals surface area contributed by atoms with Crippen LogP contribution in [0.3, 0.4) is 0 Å². The molecular weight excluding hydrogens is 294 g/mol. The van der Waals surface area contributed by atoms with Crippen molar-refractivity contribution in [3.05, 3.63) is 41.2 Å². The number of aromatic nitrogens is 3. The summed E-state index contributed by atoms with van der Waals surface area (Å²) < 4.78 is 6.92. The molecule has 0 bridgehead atoms. The molecule has 0 amide bonds. The third kappa shape index (κ3) is 4.16. The van der Waals surface area contributed by atoms with Crippen LogP contribution in [0, 0.1) is 0 Å². The predicted octanol–water partition coefficient (Wildman–Crippen LogP) is 2.67. The van der Waals surface area contributed by atoms with Crippen LogP contribution in [0.1, 0.15) is 54.9 Å². The number of esters is 1. The lowest BCUT2D eigenvalue weighted by Crippen LogP contribution is -2.09. The summed E-state index contributed by atoms with van der Waals surface area (Å²) in [4.78, 5) is 12.1. The fourth-order valence-electron chi connectivity index (χ4n) is 2.31. The van der Waals surface area contributed by atoms with Gasteiger partial charge in [-0.3, -0.25) is 0 Å². The van der Waals surface area contributed by atoms with Crippen molar-refractivity contribution in [1.29, 1.82) is 0 Å². The minimum Gasteiger partial charge on any atom is -0.462 e. The van der Waals surface area contributed by atoms with Crippen molar-refractivity contribution < 1.29 is 14.6 Å². The molecular formula is C17H23N3O3. The number of nitrogens with zero attached hydrogens (tertiary/aromatic N) is 3. The maximum atomic E-state index is 12.1. The number of unbranched alkanes of at least 4 members (excludes halogenated alkanes) is 1. The fraction of sp³-hybridized carbons (Fsp3) is 0.471. The van der Waals surface area contributed by atoms with Gasteiger partial charge in [-0.1, -0.05) is 38.0 Å². The van der Waals surface area contributed by atoms with E-state index in [4.69, 9.17) is 4.74 Å². The molecule has 0 aliphatic carbocycles. The monoisotopic (exact) mass is 317 g/mol. The van der Waals surface area contributed by atoms with Crippen LogP contribution in [0.4, 0.5) is 0 Å². The van der Waals surface area contributed by atoms with Gasteiger partial charge in [-0.2, -0.15) is 0 Å². The molecule has 1 heterocycles. The van der Waals surface area contributed by atoms with E-state index in [9.17, 15) is 9.90 Å². The lowest BCUT2D eigenvalue weighted by Gasteiger charge is -2.09. The van der Waals surface area contributed by atoms with E-state index < -0.39 is 0 Å². The lowest BCUT2D eigenvalue weighted by atomic mass is 10.1. The zero-order valence-corrected chi connectivity index (χ0v) is 13.7. The van der Waals surface area contributed by atoms with E-state index in [-0.39, 0.29) is 12.6 Å². The highest BCUT2D eigenvalue weighted by Gasteiger charge is 2.14. The first-order chi connectivity index (χ1) is 11.2. The van der Waals surface area contributed by atoms with Crippen molar-refractivity contribution in [2.24, 2.45) is 0 Å². The average Bonchev–Trinajstić information content (AvgIpc) is 2.98. The van der Waals surface area contributed by atoms with Crippen LogP contribution in [0.2, 0.25) is 0 Å². The highest BCUT2D eigenvalue weighted by Crippen LogP contribution is 2.17. The third-order valence-electron chi connectivity index (χ3n) is 3.54. The number of ether oxygens (including phenoxy) is 1. The number of hydrogen-bond acceptors (Lipinski definition) is 5. The summed E-state index contributed by atoms with van der Waals surface area (Å²) >= 11 is 0. The van der Waals surface area contributed by atoms with Crippen LogP contribution in [0.5, 0.6) is 0 Å². The molecule has 0 fully saturated rings. The van der Waals surface area contributed by atoms with Crippen molar-refractivity contribution >= 4 is 5.97 Å². The van der Waals surface area contributed by atoms with Gasteiger partial charge in [0, 0.05) is 0 Å². The van der Waals surface area contributed by atoms with Gasteiger partial charge < -0.3 is 9.84 Å². The van der Waals surface area contributed by atoms with E-state index in [2.05, 4.69) is 17.2 Å². The normalized spacial score (nSPS) is 10.7. The molecule has 0 radical (unpaired) electrons. The highest BCUT2D eigenvalue weighted by atomic mass is 16.5. The Morgan fingerprint density at radius 1 is 1.30 bits per heavy atom. The second-order valence-corrected chi connectivity index (χ2v) is 5.34. The summed E-state index contributed by atoms with van der Waals surface area (Å²) in [5.74, 6) is -0.333.